The predicted molar refractivity (Wildman–Crippen MR) is 67.1 cm³/mol. The summed E-state index contributed by atoms with van der Waals surface area (Å²) >= 11 is 0. The Morgan fingerprint density at radius 2 is 1.86 bits per heavy atom. The first-order valence-corrected chi connectivity index (χ1v) is 5.81. The van der Waals surface area contributed by atoms with Gasteiger partial charge < -0.3 is 10.6 Å². The number of carbonyl (C=O) groups excluding carboxylic acids is 2. The van der Waals surface area contributed by atoms with Crippen LogP contribution in [0.15, 0.2) is 18.2 Å². The first kappa shape index (κ1) is 16.7. The van der Waals surface area contributed by atoms with Crippen LogP contribution in [0.4, 0.5) is 28.0 Å². The van der Waals surface area contributed by atoms with E-state index in [1.165, 1.54) is 14.0 Å². The van der Waals surface area contributed by atoms with Crippen molar-refractivity contribution in [3.05, 3.63) is 29.6 Å². The van der Waals surface area contributed by atoms with E-state index >= 15 is 0 Å². The average molecular weight is 307 g/mol. The van der Waals surface area contributed by atoms with Gasteiger partial charge in [0.2, 0.25) is 5.91 Å². The molecule has 0 aliphatic carbocycles. The number of benzene rings is 1. The third-order valence-corrected chi connectivity index (χ3v) is 2.51. The first-order chi connectivity index (χ1) is 9.65. The van der Waals surface area contributed by atoms with Gasteiger partial charge in [0.05, 0.1) is 5.56 Å². The van der Waals surface area contributed by atoms with Crippen molar-refractivity contribution in [1.82, 2.24) is 10.6 Å². The number of rotatable bonds is 3. The SMILES string of the molecule is CNC(=O)NC(=O)[C@H](C)Nc1ccc(F)c(C(F)(F)F)c1. The van der Waals surface area contributed by atoms with E-state index in [9.17, 15) is 27.2 Å². The second kappa shape index (κ2) is 6.42. The van der Waals surface area contributed by atoms with Gasteiger partial charge in [-0.2, -0.15) is 13.2 Å². The van der Waals surface area contributed by atoms with Crippen LogP contribution < -0.4 is 16.0 Å². The Balaban J connectivity index is 2.84. The van der Waals surface area contributed by atoms with Gasteiger partial charge in [0.15, 0.2) is 0 Å². The van der Waals surface area contributed by atoms with Crippen molar-refractivity contribution in [2.24, 2.45) is 0 Å². The largest absolute Gasteiger partial charge is 0.419 e. The van der Waals surface area contributed by atoms with Crippen LogP contribution in [0.3, 0.4) is 0 Å². The molecule has 1 aromatic rings. The van der Waals surface area contributed by atoms with Crippen LogP contribution in [0.1, 0.15) is 12.5 Å². The number of anilines is 1. The highest BCUT2D eigenvalue weighted by Gasteiger charge is 2.34. The molecule has 3 N–H and O–H groups in total. The molecule has 0 aliphatic heterocycles. The highest BCUT2D eigenvalue weighted by atomic mass is 19.4. The maximum atomic E-state index is 13.1. The molecule has 0 unspecified atom stereocenters. The minimum absolute atomic E-state index is 0.0942. The Labute approximate surface area is 117 Å². The van der Waals surface area contributed by atoms with E-state index in [1.807, 2.05) is 5.32 Å². The fourth-order valence-corrected chi connectivity index (χ4v) is 1.43. The van der Waals surface area contributed by atoms with Crippen LogP contribution in [-0.2, 0) is 11.0 Å². The van der Waals surface area contributed by atoms with Crippen molar-refractivity contribution >= 4 is 17.6 Å². The first-order valence-electron chi connectivity index (χ1n) is 5.81. The van der Waals surface area contributed by atoms with E-state index in [-0.39, 0.29) is 5.69 Å². The molecule has 1 rings (SSSR count). The van der Waals surface area contributed by atoms with Crippen LogP contribution in [0.25, 0.3) is 0 Å². The second-order valence-corrected chi connectivity index (χ2v) is 4.13. The summed E-state index contributed by atoms with van der Waals surface area (Å²) in [6.45, 7) is 1.34. The molecular weight excluding hydrogens is 294 g/mol. The Morgan fingerprint density at radius 1 is 1.24 bits per heavy atom. The quantitative estimate of drug-likeness (QED) is 0.749. The van der Waals surface area contributed by atoms with E-state index in [0.717, 1.165) is 6.07 Å². The topological polar surface area (TPSA) is 70.2 Å². The molecule has 21 heavy (non-hydrogen) atoms. The van der Waals surface area contributed by atoms with E-state index in [0.29, 0.717) is 12.1 Å². The molecule has 0 bridgehead atoms. The number of amides is 3. The number of nitrogens with one attached hydrogen (secondary N) is 3. The zero-order valence-electron chi connectivity index (χ0n) is 11.1. The summed E-state index contributed by atoms with van der Waals surface area (Å²) in [4.78, 5) is 22.5. The maximum absolute atomic E-state index is 13.1. The molecule has 5 nitrogen and oxygen atoms in total. The van der Waals surface area contributed by atoms with E-state index in [4.69, 9.17) is 0 Å². The lowest BCUT2D eigenvalue weighted by Crippen LogP contribution is -2.44. The number of alkyl halides is 3. The maximum Gasteiger partial charge on any atom is 0.419 e. The van der Waals surface area contributed by atoms with Gasteiger partial charge in [-0.25, -0.2) is 9.18 Å². The normalized spacial score (nSPS) is 12.5. The van der Waals surface area contributed by atoms with Crippen molar-refractivity contribution < 1.29 is 27.2 Å². The number of carbonyl (C=O) groups is 2. The monoisotopic (exact) mass is 307 g/mol. The van der Waals surface area contributed by atoms with Crippen molar-refractivity contribution in [3.8, 4) is 0 Å². The highest BCUT2D eigenvalue weighted by Crippen LogP contribution is 2.33. The predicted octanol–water partition coefficient (Wildman–Crippen LogP) is 2.10. The fraction of sp³-hybridized carbons (Fsp3) is 0.333. The van der Waals surface area contributed by atoms with Crippen LogP contribution >= 0.6 is 0 Å². The molecule has 0 spiro atoms. The smallest absolute Gasteiger partial charge is 0.374 e. The molecule has 0 heterocycles. The van der Waals surface area contributed by atoms with Crippen LogP contribution in [0.2, 0.25) is 0 Å². The van der Waals surface area contributed by atoms with Gasteiger partial charge in [-0.05, 0) is 25.1 Å². The van der Waals surface area contributed by atoms with Crippen molar-refractivity contribution in [2.75, 3.05) is 12.4 Å². The Bertz CT molecular complexity index is 546. The summed E-state index contributed by atoms with van der Waals surface area (Å²) in [5, 5.41) is 6.56. The zero-order chi connectivity index (χ0) is 16.2. The van der Waals surface area contributed by atoms with Crippen LogP contribution in [0, 0.1) is 5.82 Å². The Kier molecular flexibility index (Phi) is 5.12. The Hall–Kier alpha value is -2.32. The fourth-order valence-electron chi connectivity index (χ4n) is 1.43. The summed E-state index contributed by atoms with van der Waals surface area (Å²) < 4.78 is 50.7. The third-order valence-electron chi connectivity index (χ3n) is 2.51. The molecule has 0 saturated carbocycles. The highest BCUT2D eigenvalue weighted by molar-refractivity contribution is 5.97. The van der Waals surface area contributed by atoms with E-state index < -0.39 is 35.5 Å². The lowest BCUT2D eigenvalue weighted by Gasteiger charge is -2.16. The molecular formula is C12H13F4N3O2. The molecule has 1 aromatic carbocycles. The second-order valence-electron chi connectivity index (χ2n) is 4.13. The standard InChI is InChI=1S/C12H13F4N3O2/c1-6(10(20)19-11(21)17-2)18-7-3-4-9(13)8(5-7)12(14,15)16/h3-6,18H,1-2H3,(H2,17,19,20,21)/t6-/m0/s1. The molecule has 116 valence electrons. The molecule has 9 heteroatoms. The number of hydrogen-bond acceptors (Lipinski definition) is 3. The molecule has 0 aromatic heterocycles. The summed E-state index contributed by atoms with van der Waals surface area (Å²) in [7, 11) is 1.30. The van der Waals surface area contributed by atoms with Crippen LogP contribution in [-0.4, -0.2) is 25.0 Å². The molecule has 0 aliphatic rings. The number of imide groups is 1. The lowest BCUT2D eigenvalue weighted by molar-refractivity contribution is -0.139. The lowest BCUT2D eigenvalue weighted by atomic mass is 10.1. The van der Waals surface area contributed by atoms with E-state index in [1.54, 1.807) is 0 Å². The number of halogens is 4. The summed E-state index contributed by atoms with van der Waals surface area (Å²) in [5.41, 5.74) is -1.53. The number of hydrogen-bond donors (Lipinski definition) is 3. The van der Waals surface area contributed by atoms with Gasteiger partial charge in [0.1, 0.15) is 11.9 Å². The summed E-state index contributed by atoms with van der Waals surface area (Å²) in [6, 6.07) is 0.527. The Morgan fingerprint density at radius 3 is 2.38 bits per heavy atom. The molecule has 0 saturated heterocycles. The van der Waals surface area contributed by atoms with Crippen molar-refractivity contribution in [1.29, 1.82) is 0 Å². The van der Waals surface area contributed by atoms with Gasteiger partial charge in [0, 0.05) is 12.7 Å². The molecule has 0 fully saturated rings. The van der Waals surface area contributed by atoms with Gasteiger partial charge in [-0.3, -0.25) is 10.1 Å². The molecule has 0 radical (unpaired) electrons. The van der Waals surface area contributed by atoms with Crippen molar-refractivity contribution in [2.45, 2.75) is 19.1 Å². The van der Waals surface area contributed by atoms with Gasteiger partial charge in [-0.15, -0.1) is 0 Å². The average Bonchev–Trinajstić information content (AvgIpc) is 2.39. The van der Waals surface area contributed by atoms with Crippen molar-refractivity contribution in [3.63, 3.8) is 0 Å². The molecule has 3 amide bonds. The van der Waals surface area contributed by atoms with E-state index in [2.05, 4.69) is 10.6 Å². The summed E-state index contributed by atoms with van der Waals surface area (Å²) in [6.07, 6.45) is -4.84. The van der Waals surface area contributed by atoms with Gasteiger partial charge in [0.25, 0.3) is 0 Å². The minimum Gasteiger partial charge on any atom is -0.374 e. The van der Waals surface area contributed by atoms with Gasteiger partial charge >= 0.3 is 12.2 Å². The minimum atomic E-state index is -4.84. The molecule has 1 atom stereocenters. The zero-order valence-corrected chi connectivity index (χ0v) is 11.1. The number of urea groups is 1. The summed E-state index contributed by atoms with van der Waals surface area (Å²) in [5.74, 6) is -2.15. The van der Waals surface area contributed by atoms with Gasteiger partial charge in [-0.1, -0.05) is 0 Å². The van der Waals surface area contributed by atoms with Crippen LogP contribution in [0.5, 0.6) is 0 Å². The third kappa shape index (κ3) is 4.62.